The van der Waals surface area contributed by atoms with Crippen LogP contribution in [-0.2, 0) is 26.6 Å². The van der Waals surface area contributed by atoms with Crippen molar-refractivity contribution in [2.45, 2.75) is 53.1 Å². The number of nitrogens with zero attached hydrogens (tertiary/aromatic N) is 5. The van der Waals surface area contributed by atoms with Crippen molar-refractivity contribution in [3.63, 3.8) is 0 Å². The fraction of sp³-hybridized carbons (Fsp3) is 0.571. The number of nitrogens with one attached hydrogen (secondary N) is 1. The predicted octanol–water partition coefficient (Wildman–Crippen LogP) is 3.82. The van der Waals surface area contributed by atoms with E-state index in [1.165, 1.54) is 23.3 Å². The second kappa shape index (κ2) is 8.28. The van der Waals surface area contributed by atoms with Gasteiger partial charge in [-0.2, -0.15) is 5.10 Å². The van der Waals surface area contributed by atoms with Gasteiger partial charge in [0.2, 0.25) is 5.88 Å². The van der Waals surface area contributed by atoms with Gasteiger partial charge in [0, 0.05) is 18.5 Å². The van der Waals surface area contributed by atoms with E-state index in [-0.39, 0.29) is 0 Å². The van der Waals surface area contributed by atoms with Crippen LogP contribution in [0.25, 0.3) is 10.2 Å². The number of thiophene rings is 1. The highest BCUT2D eigenvalue weighted by molar-refractivity contribution is 7.18. The molecule has 4 rings (SSSR count). The van der Waals surface area contributed by atoms with E-state index in [2.05, 4.69) is 36.1 Å². The smallest absolute Gasteiger partial charge is 0.216 e. The molecule has 3 aromatic heterocycles. The molecular weight excluding hydrogens is 384 g/mol. The van der Waals surface area contributed by atoms with Gasteiger partial charge in [0.05, 0.1) is 30.3 Å². The van der Waals surface area contributed by atoms with Crippen molar-refractivity contribution in [1.82, 2.24) is 24.6 Å². The largest absolute Gasteiger partial charge is 0.481 e. The van der Waals surface area contributed by atoms with Crippen molar-refractivity contribution in [1.29, 1.82) is 0 Å². The Morgan fingerprint density at radius 3 is 2.62 bits per heavy atom. The van der Waals surface area contributed by atoms with Gasteiger partial charge in [0.1, 0.15) is 16.5 Å². The third kappa shape index (κ3) is 3.83. The van der Waals surface area contributed by atoms with Gasteiger partial charge in [0.25, 0.3) is 0 Å². The molecule has 1 saturated heterocycles. The highest BCUT2D eigenvalue weighted by Crippen LogP contribution is 2.34. The maximum atomic E-state index is 5.60. The highest BCUT2D eigenvalue weighted by Gasteiger charge is 2.20. The lowest BCUT2D eigenvalue weighted by molar-refractivity contribution is 0.323. The molecule has 1 fully saturated rings. The molecular formula is C21H30N6OS. The van der Waals surface area contributed by atoms with Gasteiger partial charge in [-0.1, -0.05) is 6.92 Å². The number of likely N-dealkylation sites (tertiary alicyclic amines) is 1. The van der Waals surface area contributed by atoms with Crippen LogP contribution in [0.5, 0.6) is 5.88 Å². The summed E-state index contributed by atoms with van der Waals surface area (Å²) in [4.78, 5) is 14.6. The van der Waals surface area contributed by atoms with Gasteiger partial charge in [-0.3, -0.25) is 4.90 Å². The molecule has 0 saturated carbocycles. The van der Waals surface area contributed by atoms with Gasteiger partial charge in [-0.25, -0.2) is 14.6 Å². The van der Waals surface area contributed by atoms with Crippen LogP contribution in [0.3, 0.4) is 0 Å². The summed E-state index contributed by atoms with van der Waals surface area (Å²) in [6.45, 7) is 10.2. The highest BCUT2D eigenvalue weighted by atomic mass is 32.1. The van der Waals surface area contributed by atoms with Crippen LogP contribution in [0.4, 0.5) is 5.82 Å². The number of anilines is 1. The van der Waals surface area contributed by atoms with E-state index in [9.17, 15) is 0 Å². The minimum Gasteiger partial charge on any atom is -0.481 e. The van der Waals surface area contributed by atoms with Gasteiger partial charge < -0.3 is 10.1 Å². The summed E-state index contributed by atoms with van der Waals surface area (Å²) in [5.41, 5.74) is 3.40. The molecule has 8 heteroatoms. The van der Waals surface area contributed by atoms with Crippen LogP contribution in [0, 0.1) is 13.8 Å². The quantitative estimate of drug-likeness (QED) is 0.634. The van der Waals surface area contributed by atoms with Gasteiger partial charge in [-0.05, 0) is 51.8 Å². The Kier molecular flexibility index (Phi) is 5.74. The number of hydrogen-bond donors (Lipinski definition) is 1. The Morgan fingerprint density at radius 2 is 1.93 bits per heavy atom. The Labute approximate surface area is 176 Å². The fourth-order valence-corrected chi connectivity index (χ4v) is 5.18. The molecule has 0 unspecified atom stereocenters. The van der Waals surface area contributed by atoms with E-state index in [0.29, 0.717) is 6.54 Å². The Morgan fingerprint density at radius 1 is 1.17 bits per heavy atom. The fourth-order valence-electron chi connectivity index (χ4n) is 4.13. The Hall–Kier alpha value is -2.19. The maximum absolute atomic E-state index is 5.60. The van der Waals surface area contributed by atoms with E-state index >= 15 is 0 Å². The first kappa shape index (κ1) is 20.1. The number of ether oxygens (including phenoxy) is 1. The third-order valence-corrected chi connectivity index (χ3v) is 6.87. The van der Waals surface area contributed by atoms with Crippen molar-refractivity contribution < 1.29 is 4.74 Å². The number of aromatic nitrogens is 4. The van der Waals surface area contributed by atoms with E-state index in [4.69, 9.17) is 14.7 Å². The van der Waals surface area contributed by atoms with Gasteiger partial charge in [0.15, 0.2) is 0 Å². The summed E-state index contributed by atoms with van der Waals surface area (Å²) in [6, 6.07) is 0. The molecule has 0 atom stereocenters. The lowest BCUT2D eigenvalue weighted by Gasteiger charge is -2.15. The summed E-state index contributed by atoms with van der Waals surface area (Å²) in [5.74, 6) is 2.62. The summed E-state index contributed by atoms with van der Waals surface area (Å²) in [6.07, 6.45) is 3.40. The molecule has 0 spiro atoms. The van der Waals surface area contributed by atoms with Crippen molar-refractivity contribution in [2.24, 2.45) is 7.05 Å². The SMILES string of the molecule is CCc1nn(C)c(OC)c1CNc1nc(CN2CCCC2)nc2sc(C)c(C)c12. The predicted molar refractivity (Wildman–Crippen MR) is 118 cm³/mol. The number of hydrogen-bond acceptors (Lipinski definition) is 7. The van der Waals surface area contributed by atoms with Crippen molar-refractivity contribution >= 4 is 27.4 Å². The van der Waals surface area contributed by atoms with Crippen LogP contribution in [0.2, 0.25) is 0 Å². The van der Waals surface area contributed by atoms with Gasteiger partial charge >= 0.3 is 0 Å². The van der Waals surface area contributed by atoms with Crippen LogP contribution >= 0.6 is 11.3 Å². The number of aryl methyl sites for hydroxylation is 4. The summed E-state index contributed by atoms with van der Waals surface area (Å²) < 4.78 is 7.41. The molecule has 0 aromatic carbocycles. The molecule has 0 radical (unpaired) electrons. The second-order valence-corrected chi connectivity index (χ2v) is 8.90. The van der Waals surface area contributed by atoms with Crippen LogP contribution < -0.4 is 10.1 Å². The maximum Gasteiger partial charge on any atom is 0.216 e. The number of rotatable bonds is 7. The molecule has 7 nitrogen and oxygen atoms in total. The zero-order valence-corrected chi connectivity index (χ0v) is 18.8. The average Bonchev–Trinajstić information content (AvgIpc) is 3.39. The molecule has 29 heavy (non-hydrogen) atoms. The standard InChI is InChI=1S/C21H30N6OS/c1-6-16-15(21(28-5)26(4)25-16)11-22-19-18-13(2)14(3)29-20(18)24-17(23-19)12-27-9-7-8-10-27/h6-12H2,1-5H3,(H,22,23,24). The summed E-state index contributed by atoms with van der Waals surface area (Å²) >= 11 is 1.76. The molecule has 0 amide bonds. The molecule has 156 valence electrons. The zero-order chi connectivity index (χ0) is 20.5. The molecule has 1 aliphatic heterocycles. The Bertz CT molecular complexity index is 1020. The minimum absolute atomic E-state index is 0.629. The van der Waals surface area contributed by atoms with E-state index in [0.717, 1.165) is 65.1 Å². The van der Waals surface area contributed by atoms with E-state index < -0.39 is 0 Å². The second-order valence-electron chi connectivity index (χ2n) is 7.70. The van der Waals surface area contributed by atoms with Crippen molar-refractivity contribution in [3.8, 4) is 5.88 Å². The van der Waals surface area contributed by atoms with Crippen molar-refractivity contribution in [2.75, 3.05) is 25.5 Å². The zero-order valence-electron chi connectivity index (χ0n) is 18.0. The molecule has 0 bridgehead atoms. The topological polar surface area (TPSA) is 68.1 Å². The first-order valence-electron chi connectivity index (χ1n) is 10.3. The normalized spacial score (nSPS) is 14.8. The Balaban J connectivity index is 1.68. The van der Waals surface area contributed by atoms with E-state index in [1.54, 1.807) is 18.4 Å². The molecule has 4 heterocycles. The van der Waals surface area contributed by atoms with Crippen LogP contribution in [-0.4, -0.2) is 44.8 Å². The molecule has 3 aromatic rings. The summed E-state index contributed by atoms with van der Waals surface area (Å²) in [7, 11) is 3.62. The number of methoxy groups -OCH3 is 1. The first-order chi connectivity index (χ1) is 14.0. The summed E-state index contributed by atoms with van der Waals surface area (Å²) in [5, 5.41) is 9.32. The first-order valence-corrected chi connectivity index (χ1v) is 11.1. The minimum atomic E-state index is 0.629. The molecule has 1 aliphatic rings. The average molecular weight is 415 g/mol. The third-order valence-electron chi connectivity index (χ3n) is 5.77. The van der Waals surface area contributed by atoms with Crippen LogP contribution in [0.1, 0.15) is 47.3 Å². The lowest BCUT2D eigenvalue weighted by atomic mass is 10.2. The monoisotopic (exact) mass is 414 g/mol. The van der Waals surface area contributed by atoms with Crippen molar-refractivity contribution in [3.05, 3.63) is 27.5 Å². The van der Waals surface area contributed by atoms with Gasteiger partial charge in [-0.15, -0.1) is 11.3 Å². The van der Waals surface area contributed by atoms with E-state index in [1.807, 2.05) is 11.7 Å². The lowest BCUT2D eigenvalue weighted by Crippen LogP contribution is -2.20. The molecule has 0 aliphatic carbocycles. The number of fused-ring (bicyclic) bond motifs is 1. The molecule has 1 N–H and O–H groups in total. The van der Waals surface area contributed by atoms with Crippen LogP contribution in [0.15, 0.2) is 0 Å².